The molecule has 2 N–H and O–H groups in total. The van der Waals surface area contributed by atoms with E-state index in [-0.39, 0.29) is 6.04 Å². The molecule has 1 aromatic rings. The van der Waals surface area contributed by atoms with Gasteiger partial charge >= 0.3 is 0 Å². The second-order valence-electron chi connectivity index (χ2n) is 4.26. The second kappa shape index (κ2) is 7.41. The Morgan fingerprint density at radius 3 is 3.00 bits per heavy atom. The zero-order chi connectivity index (χ0) is 11.8. The number of unbranched alkanes of at least 4 members (excludes halogenated alkanes) is 1. The minimum absolute atomic E-state index is 0.193. The lowest BCUT2D eigenvalue weighted by atomic mass is 10.1. The zero-order valence-electron chi connectivity index (χ0n) is 10.4. The van der Waals surface area contributed by atoms with Crippen molar-refractivity contribution in [3.05, 3.63) is 18.0 Å². The molecule has 92 valence electrons. The van der Waals surface area contributed by atoms with Crippen molar-refractivity contribution in [3.63, 3.8) is 0 Å². The molecule has 0 saturated heterocycles. The fraction of sp³-hybridized carbons (Fsp3) is 0.750. The Morgan fingerprint density at radius 2 is 2.31 bits per heavy atom. The molecule has 0 aliphatic heterocycles. The summed E-state index contributed by atoms with van der Waals surface area (Å²) in [7, 11) is 0. The molecule has 0 bridgehead atoms. The highest BCUT2D eigenvalue weighted by atomic mass is 16.5. The molecule has 1 aromatic heterocycles. The van der Waals surface area contributed by atoms with Crippen LogP contribution in [-0.2, 0) is 17.7 Å². The van der Waals surface area contributed by atoms with E-state index in [9.17, 15) is 0 Å². The van der Waals surface area contributed by atoms with Crippen molar-refractivity contribution >= 4 is 0 Å². The first-order chi connectivity index (χ1) is 7.72. The third-order valence-electron chi connectivity index (χ3n) is 2.35. The van der Waals surface area contributed by atoms with Crippen LogP contribution >= 0.6 is 0 Å². The van der Waals surface area contributed by atoms with Crippen LogP contribution in [0.15, 0.2) is 12.4 Å². The number of aromatic nitrogens is 2. The maximum absolute atomic E-state index is 5.73. The predicted octanol–water partition coefficient (Wildman–Crippen LogP) is 1.59. The predicted molar refractivity (Wildman–Crippen MR) is 65.3 cm³/mol. The fourth-order valence-electron chi connectivity index (χ4n) is 1.51. The average molecular weight is 225 g/mol. The normalized spacial score (nSPS) is 12.9. The monoisotopic (exact) mass is 225 g/mol. The van der Waals surface area contributed by atoms with E-state index in [0.717, 1.165) is 32.6 Å². The Bertz CT molecular complexity index is 284. The highest BCUT2D eigenvalue weighted by Gasteiger charge is 2.01. The maximum atomic E-state index is 5.73. The topological polar surface area (TPSA) is 53.1 Å². The van der Waals surface area contributed by atoms with Gasteiger partial charge in [-0.15, -0.1) is 0 Å². The lowest BCUT2D eigenvalue weighted by Crippen LogP contribution is -2.17. The number of nitrogens with two attached hydrogens (primary N) is 1. The number of nitrogens with zero attached hydrogens (tertiary/aromatic N) is 2. The molecule has 0 aliphatic rings. The van der Waals surface area contributed by atoms with Crippen molar-refractivity contribution in [3.8, 4) is 0 Å². The third-order valence-corrected chi connectivity index (χ3v) is 2.35. The number of hydrogen-bond donors (Lipinski definition) is 1. The van der Waals surface area contributed by atoms with Gasteiger partial charge < -0.3 is 10.5 Å². The van der Waals surface area contributed by atoms with Crippen LogP contribution < -0.4 is 5.73 Å². The maximum Gasteiger partial charge on any atom is 0.0662 e. The lowest BCUT2D eigenvalue weighted by Gasteiger charge is -2.03. The molecule has 0 spiro atoms. The average Bonchev–Trinajstić information content (AvgIpc) is 2.64. The van der Waals surface area contributed by atoms with Crippen LogP contribution in [0.2, 0.25) is 0 Å². The number of hydrogen-bond acceptors (Lipinski definition) is 3. The Labute approximate surface area is 97.8 Å². The minimum Gasteiger partial charge on any atom is -0.380 e. The van der Waals surface area contributed by atoms with E-state index in [1.165, 1.54) is 12.0 Å². The van der Waals surface area contributed by atoms with Crippen LogP contribution in [0.5, 0.6) is 0 Å². The van der Waals surface area contributed by atoms with Crippen LogP contribution in [0, 0.1) is 0 Å². The first-order valence-corrected chi connectivity index (χ1v) is 6.07. The molecule has 1 atom stereocenters. The van der Waals surface area contributed by atoms with Gasteiger partial charge in [-0.25, -0.2) is 0 Å². The van der Waals surface area contributed by atoms with Gasteiger partial charge in [0.05, 0.1) is 19.3 Å². The Morgan fingerprint density at radius 1 is 1.50 bits per heavy atom. The molecule has 4 heteroatoms. The largest absolute Gasteiger partial charge is 0.380 e. The summed E-state index contributed by atoms with van der Waals surface area (Å²) in [6.45, 7) is 6.58. The summed E-state index contributed by atoms with van der Waals surface area (Å²) in [5, 5.41) is 4.27. The van der Waals surface area contributed by atoms with Crippen molar-refractivity contribution in [2.45, 2.75) is 45.7 Å². The van der Waals surface area contributed by atoms with Gasteiger partial charge in [0.1, 0.15) is 0 Å². The number of rotatable bonds is 8. The molecule has 1 rings (SSSR count). The van der Waals surface area contributed by atoms with E-state index >= 15 is 0 Å². The van der Waals surface area contributed by atoms with E-state index < -0.39 is 0 Å². The molecular formula is C12H23N3O. The van der Waals surface area contributed by atoms with Gasteiger partial charge in [-0.2, -0.15) is 5.10 Å². The van der Waals surface area contributed by atoms with Gasteiger partial charge in [0, 0.05) is 18.8 Å². The second-order valence-corrected chi connectivity index (χ2v) is 4.26. The molecule has 0 saturated carbocycles. The molecule has 1 unspecified atom stereocenters. The minimum atomic E-state index is 0.193. The van der Waals surface area contributed by atoms with Gasteiger partial charge in [-0.05, 0) is 25.3 Å². The zero-order valence-corrected chi connectivity index (χ0v) is 10.4. The summed E-state index contributed by atoms with van der Waals surface area (Å²) in [6.07, 6.45) is 7.13. The van der Waals surface area contributed by atoms with Crippen molar-refractivity contribution in [1.82, 2.24) is 9.78 Å². The smallest absolute Gasteiger partial charge is 0.0662 e. The summed E-state index contributed by atoms with van der Waals surface area (Å²) >= 11 is 0. The van der Waals surface area contributed by atoms with E-state index in [2.05, 4.69) is 12.0 Å². The summed E-state index contributed by atoms with van der Waals surface area (Å²) < 4.78 is 7.40. The standard InChI is InChI=1S/C12H23N3O/c1-3-4-6-16-7-5-15-10-12(9-14-15)8-11(2)13/h9-11H,3-8,13H2,1-2H3. The molecule has 1 heterocycles. The van der Waals surface area contributed by atoms with Crippen LogP contribution in [0.4, 0.5) is 0 Å². The summed E-state index contributed by atoms with van der Waals surface area (Å²) in [5.74, 6) is 0. The Balaban J connectivity index is 2.19. The van der Waals surface area contributed by atoms with Crippen LogP contribution in [0.3, 0.4) is 0 Å². The highest BCUT2D eigenvalue weighted by molar-refractivity contribution is 5.05. The molecular weight excluding hydrogens is 202 g/mol. The molecule has 16 heavy (non-hydrogen) atoms. The first-order valence-electron chi connectivity index (χ1n) is 6.07. The van der Waals surface area contributed by atoms with Crippen molar-refractivity contribution < 1.29 is 4.74 Å². The Hall–Kier alpha value is -0.870. The first kappa shape index (κ1) is 13.2. The van der Waals surface area contributed by atoms with Crippen LogP contribution in [0.25, 0.3) is 0 Å². The van der Waals surface area contributed by atoms with Gasteiger partial charge in [0.15, 0.2) is 0 Å². The molecule has 0 amide bonds. The van der Waals surface area contributed by atoms with Crippen LogP contribution in [0.1, 0.15) is 32.3 Å². The lowest BCUT2D eigenvalue weighted by molar-refractivity contribution is 0.121. The van der Waals surface area contributed by atoms with Gasteiger partial charge in [0.25, 0.3) is 0 Å². The van der Waals surface area contributed by atoms with Crippen molar-refractivity contribution in [1.29, 1.82) is 0 Å². The van der Waals surface area contributed by atoms with Gasteiger partial charge in [0.2, 0.25) is 0 Å². The third kappa shape index (κ3) is 5.28. The fourth-order valence-corrected chi connectivity index (χ4v) is 1.51. The van der Waals surface area contributed by atoms with E-state index in [4.69, 9.17) is 10.5 Å². The van der Waals surface area contributed by atoms with E-state index in [1.54, 1.807) is 0 Å². The molecule has 0 aliphatic carbocycles. The number of ether oxygens (including phenoxy) is 1. The molecule has 0 radical (unpaired) electrons. The SMILES string of the molecule is CCCCOCCn1cc(CC(C)N)cn1. The van der Waals surface area contributed by atoms with Crippen molar-refractivity contribution in [2.24, 2.45) is 5.73 Å². The van der Waals surface area contributed by atoms with Crippen molar-refractivity contribution in [2.75, 3.05) is 13.2 Å². The quantitative estimate of drug-likeness (QED) is 0.684. The van der Waals surface area contributed by atoms with Crippen LogP contribution in [-0.4, -0.2) is 29.0 Å². The summed E-state index contributed by atoms with van der Waals surface area (Å²) in [6, 6.07) is 0.193. The summed E-state index contributed by atoms with van der Waals surface area (Å²) in [5.41, 5.74) is 6.92. The molecule has 0 aromatic carbocycles. The summed E-state index contributed by atoms with van der Waals surface area (Å²) in [4.78, 5) is 0. The molecule has 4 nitrogen and oxygen atoms in total. The Kier molecular flexibility index (Phi) is 6.11. The van der Waals surface area contributed by atoms with E-state index in [1.807, 2.05) is 24.0 Å². The highest BCUT2D eigenvalue weighted by Crippen LogP contribution is 2.01. The van der Waals surface area contributed by atoms with E-state index in [0.29, 0.717) is 0 Å². The van der Waals surface area contributed by atoms with Gasteiger partial charge in [-0.3, -0.25) is 4.68 Å². The molecule has 0 fully saturated rings. The van der Waals surface area contributed by atoms with Gasteiger partial charge in [-0.1, -0.05) is 13.3 Å².